The third kappa shape index (κ3) is 6.09. The lowest BCUT2D eigenvalue weighted by atomic mass is 10.2. The van der Waals surface area contributed by atoms with Crippen molar-refractivity contribution < 1.29 is 17.9 Å². The molecule has 5 nitrogen and oxygen atoms in total. The van der Waals surface area contributed by atoms with Crippen molar-refractivity contribution in [3.05, 3.63) is 94.5 Å². The van der Waals surface area contributed by atoms with E-state index in [0.717, 1.165) is 16.7 Å². The Morgan fingerprint density at radius 2 is 1.42 bits per heavy atom. The molecule has 7 heteroatoms. The van der Waals surface area contributed by atoms with Gasteiger partial charge >= 0.3 is 5.97 Å². The maximum Gasteiger partial charge on any atom is 0.307 e. The number of hydrogen-bond acceptors (Lipinski definition) is 4. The maximum absolute atomic E-state index is 13.3. The van der Waals surface area contributed by atoms with Gasteiger partial charge in [0, 0.05) is 11.6 Å². The third-order valence-corrected chi connectivity index (χ3v) is 6.86. The SMILES string of the molecule is Cc1ccc(N(CCC(=O)OCc2ccc(Cl)cc2)S(=O)(=O)c2ccc(C)cc2)cc1. The molecule has 0 aliphatic rings. The van der Waals surface area contributed by atoms with Crippen molar-refractivity contribution in [1.82, 2.24) is 0 Å². The number of aryl methyl sites for hydroxylation is 2. The standard InChI is InChI=1S/C24H24ClNO4S/c1-18-3-11-22(12-4-18)26(31(28,29)23-13-5-19(2)6-14-23)16-15-24(27)30-17-20-7-9-21(25)10-8-20/h3-14H,15-17H2,1-2H3. The smallest absolute Gasteiger partial charge is 0.307 e. The zero-order chi connectivity index (χ0) is 22.4. The highest BCUT2D eigenvalue weighted by molar-refractivity contribution is 7.92. The number of esters is 1. The largest absolute Gasteiger partial charge is 0.461 e. The number of benzene rings is 3. The zero-order valence-corrected chi connectivity index (χ0v) is 19.0. The minimum Gasteiger partial charge on any atom is -0.461 e. The predicted molar refractivity (Wildman–Crippen MR) is 123 cm³/mol. The Hall–Kier alpha value is -2.83. The fraction of sp³-hybridized carbons (Fsp3) is 0.208. The summed E-state index contributed by atoms with van der Waals surface area (Å²) in [6.45, 7) is 3.89. The van der Waals surface area contributed by atoms with Gasteiger partial charge in [-0.15, -0.1) is 0 Å². The molecule has 162 valence electrons. The van der Waals surface area contributed by atoms with E-state index in [9.17, 15) is 13.2 Å². The third-order valence-electron chi connectivity index (χ3n) is 4.76. The van der Waals surface area contributed by atoms with Crippen molar-refractivity contribution in [2.24, 2.45) is 0 Å². The van der Waals surface area contributed by atoms with Crippen LogP contribution < -0.4 is 4.31 Å². The number of carbonyl (C=O) groups excluding carboxylic acids is 1. The van der Waals surface area contributed by atoms with E-state index in [2.05, 4.69) is 0 Å². The van der Waals surface area contributed by atoms with Crippen LogP contribution in [0.4, 0.5) is 5.69 Å². The molecule has 0 fully saturated rings. The first-order chi connectivity index (χ1) is 14.8. The van der Waals surface area contributed by atoms with Gasteiger partial charge in [0.15, 0.2) is 0 Å². The monoisotopic (exact) mass is 457 g/mol. The molecule has 0 amide bonds. The molecule has 3 aromatic rings. The van der Waals surface area contributed by atoms with Crippen LogP contribution in [-0.4, -0.2) is 20.9 Å². The van der Waals surface area contributed by atoms with Crippen LogP contribution in [0.15, 0.2) is 77.7 Å². The van der Waals surface area contributed by atoms with E-state index in [-0.39, 0.29) is 24.5 Å². The molecule has 0 spiro atoms. The van der Waals surface area contributed by atoms with Crippen LogP contribution in [0.1, 0.15) is 23.1 Å². The van der Waals surface area contributed by atoms with E-state index < -0.39 is 16.0 Å². The number of anilines is 1. The van der Waals surface area contributed by atoms with Gasteiger partial charge in [0.1, 0.15) is 6.61 Å². The second kappa shape index (κ2) is 9.98. The van der Waals surface area contributed by atoms with Crippen LogP contribution >= 0.6 is 11.6 Å². The van der Waals surface area contributed by atoms with E-state index in [4.69, 9.17) is 16.3 Å². The topological polar surface area (TPSA) is 63.7 Å². The number of carbonyl (C=O) groups is 1. The number of sulfonamides is 1. The van der Waals surface area contributed by atoms with Gasteiger partial charge < -0.3 is 4.74 Å². The maximum atomic E-state index is 13.3. The first-order valence-electron chi connectivity index (χ1n) is 9.82. The Morgan fingerprint density at radius 1 is 0.871 bits per heavy atom. The zero-order valence-electron chi connectivity index (χ0n) is 17.4. The molecule has 0 aliphatic heterocycles. The minimum atomic E-state index is -3.84. The predicted octanol–water partition coefficient (Wildman–Crippen LogP) is 5.29. The normalized spacial score (nSPS) is 11.2. The Morgan fingerprint density at radius 3 is 2.00 bits per heavy atom. The fourth-order valence-corrected chi connectivity index (χ4v) is 4.54. The van der Waals surface area contributed by atoms with Crippen molar-refractivity contribution in [3.63, 3.8) is 0 Å². The summed E-state index contributed by atoms with van der Waals surface area (Å²) >= 11 is 5.86. The van der Waals surface area contributed by atoms with Gasteiger partial charge in [-0.05, 0) is 55.8 Å². The summed E-state index contributed by atoms with van der Waals surface area (Å²) in [6.07, 6.45) is -0.0768. The summed E-state index contributed by atoms with van der Waals surface area (Å²) in [5.74, 6) is -0.480. The highest BCUT2D eigenvalue weighted by Gasteiger charge is 2.25. The summed E-state index contributed by atoms with van der Waals surface area (Å²) in [7, 11) is -3.84. The molecule has 0 saturated heterocycles. The Labute approximate surface area is 188 Å². The van der Waals surface area contributed by atoms with Crippen LogP contribution in [0, 0.1) is 13.8 Å². The summed E-state index contributed by atoms with van der Waals surface area (Å²) in [5, 5.41) is 0.602. The number of hydrogen-bond donors (Lipinski definition) is 0. The Balaban J connectivity index is 1.75. The van der Waals surface area contributed by atoms with Gasteiger partial charge in [0.2, 0.25) is 0 Å². The van der Waals surface area contributed by atoms with Crippen molar-refractivity contribution in [1.29, 1.82) is 0 Å². The average molecular weight is 458 g/mol. The molecule has 0 unspecified atom stereocenters. The second-order valence-corrected chi connectivity index (χ2v) is 9.56. The first kappa shape index (κ1) is 22.8. The molecule has 0 bridgehead atoms. The van der Waals surface area contributed by atoms with E-state index >= 15 is 0 Å². The van der Waals surface area contributed by atoms with Gasteiger partial charge in [-0.3, -0.25) is 9.10 Å². The number of ether oxygens (including phenoxy) is 1. The van der Waals surface area contributed by atoms with Crippen molar-refractivity contribution in [2.45, 2.75) is 31.8 Å². The van der Waals surface area contributed by atoms with Gasteiger partial charge in [-0.25, -0.2) is 8.42 Å². The fourth-order valence-electron chi connectivity index (χ4n) is 2.95. The van der Waals surface area contributed by atoms with Gasteiger partial charge in [-0.1, -0.05) is 59.1 Å². The molecular weight excluding hydrogens is 434 g/mol. The number of rotatable bonds is 8. The number of nitrogens with zero attached hydrogens (tertiary/aromatic N) is 1. The molecular formula is C24H24ClNO4S. The molecule has 0 saturated carbocycles. The Kier molecular flexibility index (Phi) is 7.36. The quantitative estimate of drug-likeness (QED) is 0.431. The first-order valence-corrected chi connectivity index (χ1v) is 11.6. The summed E-state index contributed by atoms with van der Waals surface area (Å²) < 4.78 is 33.2. The lowest BCUT2D eigenvalue weighted by Gasteiger charge is -2.24. The average Bonchev–Trinajstić information content (AvgIpc) is 2.75. The highest BCUT2D eigenvalue weighted by Crippen LogP contribution is 2.25. The van der Waals surface area contributed by atoms with Gasteiger partial charge in [-0.2, -0.15) is 0 Å². The molecule has 0 radical (unpaired) electrons. The van der Waals surface area contributed by atoms with Gasteiger partial charge in [0.05, 0.1) is 17.0 Å². The van der Waals surface area contributed by atoms with E-state index in [0.29, 0.717) is 10.7 Å². The molecule has 0 N–H and O–H groups in total. The number of halogens is 1. The minimum absolute atomic E-state index is 0.0290. The van der Waals surface area contributed by atoms with Crippen LogP contribution in [-0.2, 0) is 26.2 Å². The van der Waals surface area contributed by atoms with Crippen LogP contribution in [0.3, 0.4) is 0 Å². The van der Waals surface area contributed by atoms with Crippen LogP contribution in [0.5, 0.6) is 0 Å². The summed E-state index contributed by atoms with van der Waals surface area (Å²) in [4.78, 5) is 12.5. The summed E-state index contributed by atoms with van der Waals surface area (Å²) in [6, 6.07) is 20.8. The molecule has 31 heavy (non-hydrogen) atoms. The van der Waals surface area contributed by atoms with Crippen molar-refractivity contribution in [2.75, 3.05) is 10.8 Å². The second-order valence-electron chi connectivity index (χ2n) is 7.26. The van der Waals surface area contributed by atoms with E-state index in [1.54, 1.807) is 60.7 Å². The molecule has 3 rings (SSSR count). The van der Waals surface area contributed by atoms with Crippen LogP contribution in [0.25, 0.3) is 0 Å². The van der Waals surface area contributed by atoms with Crippen LogP contribution in [0.2, 0.25) is 5.02 Å². The molecule has 0 heterocycles. The molecule has 3 aromatic carbocycles. The summed E-state index contributed by atoms with van der Waals surface area (Å²) in [5.41, 5.74) is 3.28. The van der Waals surface area contributed by atoms with Crippen molar-refractivity contribution >= 4 is 33.3 Å². The lowest BCUT2D eigenvalue weighted by molar-refractivity contribution is -0.144. The molecule has 0 aliphatic carbocycles. The highest BCUT2D eigenvalue weighted by atomic mass is 35.5. The molecule has 0 aromatic heterocycles. The Bertz CT molecular complexity index is 1130. The lowest BCUT2D eigenvalue weighted by Crippen LogP contribution is -2.33. The van der Waals surface area contributed by atoms with Gasteiger partial charge in [0.25, 0.3) is 10.0 Å². The van der Waals surface area contributed by atoms with Crippen molar-refractivity contribution in [3.8, 4) is 0 Å². The van der Waals surface area contributed by atoms with E-state index in [1.165, 1.54) is 4.31 Å². The van der Waals surface area contributed by atoms with E-state index in [1.807, 2.05) is 26.0 Å². The molecule has 0 atom stereocenters.